The highest BCUT2D eigenvalue weighted by molar-refractivity contribution is 4.99. The van der Waals surface area contributed by atoms with E-state index in [9.17, 15) is 5.11 Å². The van der Waals surface area contributed by atoms with Gasteiger partial charge in [0.25, 0.3) is 0 Å². The van der Waals surface area contributed by atoms with Crippen molar-refractivity contribution in [3.63, 3.8) is 0 Å². The normalized spacial score (nSPS) is 14.1. The van der Waals surface area contributed by atoms with Crippen LogP contribution in [0.15, 0.2) is 6.20 Å². The third-order valence-corrected chi connectivity index (χ3v) is 2.10. The summed E-state index contributed by atoms with van der Waals surface area (Å²) >= 11 is 0. The van der Waals surface area contributed by atoms with Gasteiger partial charge in [-0.25, -0.2) is 4.68 Å². The van der Waals surface area contributed by atoms with E-state index < -0.39 is 6.10 Å². The van der Waals surface area contributed by atoms with Crippen LogP contribution < -0.4 is 0 Å². The van der Waals surface area contributed by atoms with E-state index in [0.29, 0.717) is 5.69 Å². The fourth-order valence-electron chi connectivity index (χ4n) is 1.32. The molecule has 0 amide bonds. The van der Waals surface area contributed by atoms with E-state index in [4.69, 9.17) is 4.74 Å². The molecular formula is C11H21N3O2. The number of nitrogens with zero attached hydrogens (tertiary/aromatic N) is 3. The Morgan fingerprint density at radius 1 is 1.50 bits per heavy atom. The lowest BCUT2D eigenvalue weighted by atomic mass is 10.2. The van der Waals surface area contributed by atoms with Crippen LogP contribution in [0.5, 0.6) is 0 Å². The van der Waals surface area contributed by atoms with Gasteiger partial charge in [-0.2, -0.15) is 0 Å². The van der Waals surface area contributed by atoms with Crippen LogP contribution in [0.4, 0.5) is 0 Å². The van der Waals surface area contributed by atoms with Crippen molar-refractivity contribution < 1.29 is 9.84 Å². The van der Waals surface area contributed by atoms with E-state index in [1.165, 1.54) is 0 Å². The second-order valence-corrected chi connectivity index (χ2v) is 4.82. The fraction of sp³-hybridized carbons (Fsp3) is 0.818. The molecule has 0 aromatic carbocycles. The van der Waals surface area contributed by atoms with Gasteiger partial charge in [0.2, 0.25) is 0 Å². The van der Waals surface area contributed by atoms with Gasteiger partial charge < -0.3 is 9.84 Å². The first-order valence-electron chi connectivity index (χ1n) is 5.64. The number of hydrogen-bond acceptors (Lipinski definition) is 4. The molecule has 0 aliphatic heterocycles. The summed E-state index contributed by atoms with van der Waals surface area (Å²) in [7, 11) is 0. The Balaban J connectivity index is 2.58. The lowest BCUT2D eigenvalue weighted by Crippen LogP contribution is -2.24. The molecule has 0 saturated carbocycles. The molecule has 0 spiro atoms. The first-order chi connectivity index (χ1) is 7.44. The number of ether oxygens (including phenoxy) is 1. The van der Waals surface area contributed by atoms with Crippen molar-refractivity contribution in [1.29, 1.82) is 0 Å². The first-order valence-corrected chi connectivity index (χ1v) is 5.64. The molecule has 1 aromatic rings. The number of hydrogen-bond donors (Lipinski definition) is 1. The maximum absolute atomic E-state index is 9.95. The van der Waals surface area contributed by atoms with E-state index in [0.717, 1.165) is 13.0 Å². The van der Waals surface area contributed by atoms with Gasteiger partial charge in [0.15, 0.2) is 0 Å². The van der Waals surface area contributed by atoms with Crippen LogP contribution in [0.25, 0.3) is 0 Å². The van der Waals surface area contributed by atoms with Crippen molar-refractivity contribution in [3.05, 3.63) is 11.9 Å². The molecule has 1 N–H and O–H groups in total. The largest absolute Gasteiger partial charge is 0.384 e. The van der Waals surface area contributed by atoms with Crippen LogP contribution in [0, 0.1) is 0 Å². The van der Waals surface area contributed by atoms with E-state index in [2.05, 4.69) is 17.2 Å². The second-order valence-electron chi connectivity index (χ2n) is 4.82. The average Bonchev–Trinajstić information content (AvgIpc) is 2.62. The monoisotopic (exact) mass is 227 g/mol. The standard InChI is InChI=1S/C11H21N3O2/c1-5-6-14-9(7-12-13-14)10(15)8-16-11(2,3)4/h7,10,15H,5-6,8H2,1-4H3. The van der Waals surface area contributed by atoms with Crippen molar-refractivity contribution in [2.24, 2.45) is 0 Å². The Labute approximate surface area is 96.4 Å². The summed E-state index contributed by atoms with van der Waals surface area (Å²) in [6.45, 7) is 8.97. The maximum atomic E-state index is 9.95. The van der Waals surface area contributed by atoms with Crippen LogP contribution in [0.2, 0.25) is 0 Å². The minimum Gasteiger partial charge on any atom is -0.384 e. The van der Waals surface area contributed by atoms with Crippen LogP contribution in [-0.2, 0) is 11.3 Å². The Kier molecular flexibility index (Phi) is 4.44. The molecule has 5 heteroatoms. The minimum absolute atomic E-state index is 0.246. The summed E-state index contributed by atoms with van der Waals surface area (Å²) in [6.07, 6.45) is 1.89. The SMILES string of the molecule is CCCn1nncc1C(O)COC(C)(C)C. The van der Waals surface area contributed by atoms with Gasteiger partial charge in [0, 0.05) is 6.54 Å². The summed E-state index contributed by atoms with van der Waals surface area (Å²) in [5.74, 6) is 0. The lowest BCUT2D eigenvalue weighted by Gasteiger charge is -2.22. The van der Waals surface area contributed by atoms with Crippen LogP contribution >= 0.6 is 0 Å². The number of rotatable bonds is 5. The summed E-state index contributed by atoms with van der Waals surface area (Å²) in [6, 6.07) is 0. The lowest BCUT2D eigenvalue weighted by molar-refractivity contribution is -0.0517. The molecule has 1 aromatic heterocycles. The molecule has 0 aliphatic rings. The molecular weight excluding hydrogens is 206 g/mol. The molecule has 1 atom stereocenters. The van der Waals surface area contributed by atoms with Crippen LogP contribution in [0.1, 0.15) is 45.9 Å². The number of aryl methyl sites for hydroxylation is 1. The number of aliphatic hydroxyl groups excluding tert-OH is 1. The smallest absolute Gasteiger partial charge is 0.121 e. The average molecular weight is 227 g/mol. The van der Waals surface area contributed by atoms with Gasteiger partial charge in [0.05, 0.1) is 24.1 Å². The molecule has 0 saturated heterocycles. The number of aliphatic hydroxyl groups is 1. The zero-order valence-corrected chi connectivity index (χ0v) is 10.5. The Hall–Kier alpha value is -0.940. The molecule has 16 heavy (non-hydrogen) atoms. The van der Waals surface area contributed by atoms with Crippen LogP contribution in [-0.4, -0.2) is 32.3 Å². The molecule has 0 bridgehead atoms. The number of aromatic nitrogens is 3. The Morgan fingerprint density at radius 2 is 2.19 bits per heavy atom. The van der Waals surface area contributed by atoms with Crippen molar-refractivity contribution in [3.8, 4) is 0 Å². The molecule has 1 rings (SSSR count). The molecule has 0 fully saturated rings. The predicted octanol–water partition coefficient (Wildman–Crippen LogP) is 1.54. The predicted molar refractivity (Wildman–Crippen MR) is 61.0 cm³/mol. The maximum Gasteiger partial charge on any atom is 0.121 e. The van der Waals surface area contributed by atoms with Gasteiger partial charge in [0.1, 0.15) is 6.10 Å². The summed E-state index contributed by atoms with van der Waals surface area (Å²) < 4.78 is 7.25. The molecule has 0 aliphatic carbocycles. The van der Waals surface area contributed by atoms with E-state index in [-0.39, 0.29) is 12.2 Å². The quantitative estimate of drug-likeness (QED) is 0.828. The third kappa shape index (κ3) is 3.90. The van der Waals surface area contributed by atoms with Crippen molar-refractivity contribution in [2.75, 3.05) is 6.61 Å². The third-order valence-electron chi connectivity index (χ3n) is 2.10. The molecule has 5 nitrogen and oxygen atoms in total. The highest BCUT2D eigenvalue weighted by atomic mass is 16.5. The highest BCUT2D eigenvalue weighted by Crippen LogP contribution is 2.16. The fourth-order valence-corrected chi connectivity index (χ4v) is 1.32. The van der Waals surface area contributed by atoms with E-state index in [1.54, 1.807) is 10.9 Å². The Morgan fingerprint density at radius 3 is 2.75 bits per heavy atom. The Bertz CT molecular complexity index is 317. The molecule has 0 radical (unpaired) electrons. The van der Waals surface area contributed by atoms with E-state index >= 15 is 0 Å². The van der Waals surface area contributed by atoms with Gasteiger partial charge in [-0.3, -0.25) is 0 Å². The van der Waals surface area contributed by atoms with Gasteiger partial charge in [-0.05, 0) is 27.2 Å². The second kappa shape index (κ2) is 5.41. The molecule has 1 heterocycles. The summed E-state index contributed by atoms with van der Waals surface area (Å²) in [5.41, 5.74) is 0.468. The highest BCUT2D eigenvalue weighted by Gasteiger charge is 2.18. The zero-order chi connectivity index (χ0) is 12.2. The summed E-state index contributed by atoms with van der Waals surface area (Å²) in [4.78, 5) is 0. The van der Waals surface area contributed by atoms with Crippen molar-refractivity contribution in [2.45, 2.75) is 52.4 Å². The first kappa shape index (κ1) is 13.1. The van der Waals surface area contributed by atoms with Gasteiger partial charge >= 0.3 is 0 Å². The van der Waals surface area contributed by atoms with Crippen molar-refractivity contribution in [1.82, 2.24) is 15.0 Å². The van der Waals surface area contributed by atoms with E-state index in [1.807, 2.05) is 20.8 Å². The van der Waals surface area contributed by atoms with Crippen molar-refractivity contribution >= 4 is 0 Å². The van der Waals surface area contributed by atoms with Crippen LogP contribution in [0.3, 0.4) is 0 Å². The van der Waals surface area contributed by atoms with Gasteiger partial charge in [-0.1, -0.05) is 12.1 Å². The molecule has 92 valence electrons. The zero-order valence-electron chi connectivity index (χ0n) is 10.5. The topological polar surface area (TPSA) is 60.2 Å². The summed E-state index contributed by atoms with van der Waals surface area (Å²) in [5, 5.41) is 17.7. The minimum atomic E-state index is -0.666. The molecule has 1 unspecified atom stereocenters. The van der Waals surface area contributed by atoms with Gasteiger partial charge in [-0.15, -0.1) is 5.10 Å².